The van der Waals surface area contributed by atoms with Crippen LogP contribution in [0.2, 0.25) is 5.02 Å². The van der Waals surface area contributed by atoms with Crippen LogP contribution in [-0.4, -0.2) is 12.2 Å². The molecule has 0 aliphatic carbocycles. The van der Waals surface area contributed by atoms with Crippen LogP contribution in [0.1, 0.15) is 40.2 Å². The van der Waals surface area contributed by atoms with Crippen LogP contribution in [0.3, 0.4) is 0 Å². The Morgan fingerprint density at radius 2 is 1.78 bits per heavy atom. The van der Waals surface area contributed by atoms with Gasteiger partial charge in [0.2, 0.25) is 0 Å². The zero-order valence-corrected chi connectivity index (χ0v) is 22.3. The van der Waals surface area contributed by atoms with Crippen LogP contribution in [0.5, 0.6) is 5.75 Å². The molecule has 7 nitrogen and oxygen atoms in total. The van der Waals surface area contributed by atoms with Crippen molar-refractivity contribution in [2.75, 3.05) is 6.61 Å². The average Bonchev–Trinajstić information content (AvgIpc) is 2.53. The zero-order chi connectivity index (χ0) is 18.9. The number of benzene rings is 1. The Labute approximate surface area is 208 Å². The molecule has 2 aliphatic heterocycles. The Balaban J connectivity index is 0.00000182. The SMILES string of the molecule is CC(C)(C)C12OOC1(c1ccc(Cl)c(OP(=O)([O-])[O-])c1)OCC2(C)C.[Na+].[Na+]. The number of hydrogen-bond acceptors (Lipinski definition) is 7. The fourth-order valence-corrected chi connectivity index (χ4v) is 4.74. The van der Waals surface area contributed by atoms with Crippen LogP contribution in [0.25, 0.3) is 0 Å². The molecule has 1 aromatic rings. The molecule has 2 heterocycles. The largest absolute Gasteiger partial charge is 1.00 e. The van der Waals surface area contributed by atoms with Gasteiger partial charge in [-0.3, -0.25) is 0 Å². The van der Waals surface area contributed by atoms with Crippen molar-refractivity contribution in [1.82, 2.24) is 0 Å². The van der Waals surface area contributed by atoms with E-state index in [0.29, 0.717) is 12.2 Å². The van der Waals surface area contributed by atoms with E-state index in [1.165, 1.54) is 12.1 Å². The molecule has 140 valence electrons. The van der Waals surface area contributed by atoms with Gasteiger partial charge in [0.15, 0.2) is 5.60 Å². The normalized spacial score (nSPS) is 29.0. The number of fused-ring (bicyclic) bond motifs is 1. The van der Waals surface area contributed by atoms with Crippen LogP contribution in [0.15, 0.2) is 18.2 Å². The summed E-state index contributed by atoms with van der Waals surface area (Å²) in [6.07, 6.45) is 0. The molecule has 0 spiro atoms. The smallest absolute Gasteiger partial charge is 0.780 e. The number of phosphoric ester groups is 1. The first-order valence-corrected chi connectivity index (χ1v) is 9.62. The fourth-order valence-electron chi connectivity index (χ4n) is 4.14. The van der Waals surface area contributed by atoms with Crippen LogP contribution in [0.4, 0.5) is 0 Å². The molecule has 3 rings (SSSR count). The first kappa shape index (κ1) is 26.4. The molecule has 0 saturated carbocycles. The minimum atomic E-state index is -5.26. The maximum Gasteiger partial charge on any atom is 1.00 e. The van der Waals surface area contributed by atoms with E-state index >= 15 is 0 Å². The first-order chi connectivity index (χ1) is 11.3. The quantitative estimate of drug-likeness (QED) is 0.275. The van der Waals surface area contributed by atoms with E-state index in [0.717, 1.165) is 0 Å². The Bertz CT molecular complexity index is 764. The van der Waals surface area contributed by atoms with Gasteiger partial charge >= 0.3 is 59.1 Å². The van der Waals surface area contributed by atoms with Crippen molar-refractivity contribution >= 4 is 19.4 Å². The number of hydrogen-bond donors (Lipinski definition) is 0. The number of ether oxygens (including phenoxy) is 1. The Morgan fingerprint density at radius 3 is 2.22 bits per heavy atom. The number of rotatable bonds is 3. The summed E-state index contributed by atoms with van der Waals surface area (Å²) in [6.45, 7) is 10.4. The van der Waals surface area contributed by atoms with E-state index in [4.69, 9.17) is 26.1 Å². The van der Waals surface area contributed by atoms with Gasteiger partial charge in [-0.15, -0.1) is 0 Å². The van der Waals surface area contributed by atoms with Gasteiger partial charge in [0.05, 0.1) is 11.6 Å². The van der Waals surface area contributed by atoms with Crippen LogP contribution in [0, 0.1) is 10.8 Å². The molecule has 0 amide bonds. The summed E-state index contributed by atoms with van der Waals surface area (Å²) >= 11 is 5.95. The summed E-state index contributed by atoms with van der Waals surface area (Å²) in [4.78, 5) is 33.1. The number of phosphoric acid groups is 1. The summed E-state index contributed by atoms with van der Waals surface area (Å²) in [5.41, 5.74) is -1.14. The molecule has 2 fully saturated rings. The Morgan fingerprint density at radius 1 is 1.19 bits per heavy atom. The van der Waals surface area contributed by atoms with E-state index in [1.807, 2.05) is 34.6 Å². The number of halogens is 1. The summed E-state index contributed by atoms with van der Waals surface area (Å²) in [6, 6.07) is 4.41. The van der Waals surface area contributed by atoms with Gasteiger partial charge in [0.25, 0.3) is 5.79 Å². The summed E-state index contributed by atoms with van der Waals surface area (Å²) in [5, 5.41) is -0.00840. The first-order valence-electron chi connectivity index (χ1n) is 7.78. The van der Waals surface area contributed by atoms with Crippen LogP contribution >= 0.6 is 19.4 Å². The molecule has 2 unspecified atom stereocenters. The molecule has 0 bridgehead atoms. The van der Waals surface area contributed by atoms with E-state index in [1.54, 1.807) is 6.07 Å². The van der Waals surface area contributed by atoms with Crippen molar-refractivity contribution in [3.05, 3.63) is 28.8 Å². The second-order valence-electron chi connectivity index (χ2n) is 8.07. The maximum atomic E-state index is 11.0. The standard InChI is InChI=1S/C16H22ClO7P.2Na/c1-13(2,3)16-14(4,5)9-21-15(16,23-24-16)10-6-7-11(17)12(8-10)22-25(18,19)20;;/h6-8H,9H2,1-5H3,(H2,18,19,20);;/q;2*+1/p-2. The summed E-state index contributed by atoms with van der Waals surface area (Å²) < 4.78 is 21.5. The third-order valence-corrected chi connectivity index (χ3v) is 5.65. The van der Waals surface area contributed by atoms with E-state index in [-0.39, 0.29) is 75.3 Å². The Hall–Kier alpha value is 1.34. The topological polar surface area (TPSA) is 100 Å². The maximum absolute atomic E-state index is 11.0. The molecule has 0 aromatic heterocycles. The van der Waals surface area contributed by atoms with E-state index in [2.05, 4.69) is 4.52 Å². The molecule has 2 saturated heterocycles. The molecular weight excluding hydrogens is 417 g/mol. The van der Waals surface area contributed by atoms with Gasteiger partial charge in [0.1, 0.15) is 13.6 Å². The minimum Gasteiger partial charge on any atom is -0.780 e. The Kier molecular flexibility index (Phi) is 7.93. The second kappa shape index (κ2) is 8.12. The van der Waals surface area contributed by atoms with Crippen molar-refractivity contribution in [3.8, 4) is 5.75 Å². The summed E-state index contributed by atoms with van der Waals surface area (Å²) in [7, 11) is -5.26. The molecule has 2 aliphatic rings. The molecule has 1 aromatic carbocycles. The zero-order valence-electron chi connectivity index (χ0n) is 16.6. The summed E-state index contributed by atoms with van der Waals surface area (Å²) in [5.74, 6) is -1.53. The third-order valence-electron chi connectivity index (χ3n) is 4.91. The molecule has 11 heteroatoms. The molecule has 2 atom stereocenters. The van der Waals surface area contributed by atoms with Crippen LogP contribution in [-0.2, 0) is 24.9 Å². The molecule has 27 heavy (non-hydrogen) atoms. The van der Waals surface area contributed by atoms with Crippen molar-refractivity contribution in [3.63, 3.8) is 0 Å². The van der Waals surface area contributed by atoms with Gasteiger partial charge in [-0.2, -0.15) is 4.89 Å². The van der Waals surface area contributed by atoms with E-state index < -0.39 is 24.6 Å². The van der Waals surface area contributed by atoms with Crippen molar-refractivity contribution in [1.29, 1.82) is 0 Å². The van der Waals surface area contributed by atoms with Gasteiger partial charge < -0.3 is 23.6 Å². The fraction of sp³-hybridized carbons (Fsp3) is 0.625. The van der Waals surface area contributed by atoms with Crippen molar-refractivity contribution < 1.29 is 92.5 Å². The van der Waals surface area contributed by atoms with Gasteiger partial charge in [-0.1, -0.05) is 52.3 Å². The molecule has 0 N–H and O–H groups in total. The second-order valence-corrected chi connectivity index (χ2v) is 9.55. The van der Waals surface area contributed by atoms with Crippen molar-refractivity contribution in [2.45, 2.75) is 46.0 Å². The average molecular weight is 437 g/mol. The van der Waals surface area contributed by atoms with Crippen LogP contribution < -0.4 is 73.4 Å². The van der Waals surface area contributed by atoms with Gasteiger partial charge in [-0.05, 0) is 12.1 Å². The minimum absolute atomic E-state index is 0. The predicted molar refractivity (Wildman–Crippen MR) is 85.5 cm³/mol. The molecular formula is C16H20ClNa2O7P. The molecule has 0 radical (unpaired) electrons. The van der Waals surface area contributed by atoms with Gasteiger partial charge in [-0.25, -0.2) is 4.89 Å². The third kappa shape index (κ3) is 3.99. The van der Waals surface area contributed by atoms with Gasteiger partial charge in [0, 0.05) is 16.4 Å². The van der Waals surface area contributed by atoms with Crippen molar-refractivity contribution in [2.24, 2.45) is 10.8 Å². The monoisotopic (exact) mass is 436 g/mol. The van der Waals surface area contributed by atoms with E-state index in [9.17, 15) is 14.4 Å². The predicted octanol–water partition coefficient (Wildman–Crippen LogP) is -3.49.